The molecule has 0 fully saturated rings. The van der Waals surface area contributed by atoms with E-state index in [9.17, 15) is 8.42 Å². The summed E-state index contributed by atoms with van der Waals surface area (Å²) in [5.74, 6) is 0. The summed E-state index contributed by atoms with van der Waals surface area (Å²) in [4.78, 5) is 1.12. The molecule has 0 unspecified atom stereocenters. The number of halogens is 1. The minimum atomic E-state index is -3.53. The van der Waals surface area contributed by atoms with Gasteiger partial charge in [0.25, 0.3) is 0 Å². The van der Waals surface area contributed by atoms with Gasteiger partial charge in [0.15, 0.2) is 0 Å². The van der Waals surface area contributed by atoms with Crippen molar-refractivity contribution in [3.05, 3.63) is 33.2 Å². The second-order valence-corrected chi connectivity index (χ2v) is 7.68. The normalized spacial score (nSPS) is 11.9. The fraction of sp³-hybridized carbons (Fsp3) is 0.364. The summed E-state index contributed by atoms with van der Waals surface area (Å²) in [7, 11) is -1.69. The first-order valence-corrected chi connectivity index (χ1v) is 9.07. The van der Waals surface area contributed by atoms with Gasteiger partial charge in [-0.3, -0.25) is 4.68 Å². The Morgan fingerprint density at radius 1 is 1.50 bits per heavy atom. The van der Waals surface area contributed by atoms with E-state index in [1.54, 1.807) is 4.68 Å². The maximum Gasteiger partial charge on any atom is 0.244 e. The molecule has 6 nitrogen and oxygen atoms in total. The molecule has 0 radical (unpaired) electrons. The van der Waals surface area contributed by atoms with Crippen LogP contribution in [0.25, 0.3) is 0 Å². The molecular weight excluding hydrogens is 364 g/mol. The van der Waals surface area contributed by atoms with Crippen molar-refractivity contribution >= 4 is 37.3 Å². The highest BCUT2D eigenvalue weighted by molar-refractivity contribution is 9.10. The van der Waals surface area contributed by atoms with E-state index in [0.717, 1.165) is 15.9 Å². The molecule has 2 aromatic rings. The molecule has 2 aromatic heterocycles. The van der Waals surface area contributed by atoms with Crippen LogP contribution in [0.3, 0.4) is 0 Å². The molecule has 0 amide bonds. The van der Waals surface area contributed by atoms with Crippen LogP contribution in [0.1, 0.15) is 4.88 Å². The SMILES string of the molecule is CNCCn1cc(S(=O)(=O)NCc2sccc2Br)cn1. The molecule has 0 aliphatic carbocycles. The summed E-state index contributed by atoms with van der Waals surface area (Å²) < 4.78 is 29.4. The third-order valence-corrected chi connectivity index (χ3v) is 5.91. The Kier molecular flexibility index (Phi) is 5.33. The lowest BCUT2D eigenvalue weighted by molar-refractivity contribution is 0.576. The van der Waals surface area contributed by atoms with Gasteiger partial charge in [-0.2, -0.15) is 5.10 Å². The van der Waals surface area contributed by atoms with Crippen molar-refractivity contribution in [2.45, 2.75) is 18.0 Å². The molecule has 2 heterocycles. The highest BCUT2D eigenvalue weighted by Crippen LogP contribution is 2.22. The van der Waals surface area contributed by atoms with Crippen LogP contribution in [-0.4, -0.2) is 31.8 Å². The van der Waals surface area contributed by atoms with Crippen LogP contribution in [0.4, 0.5) is 0 Å². The van der Waals surface area contributed by atoms with Crippen molar-refractivity contribution in [3.8, 4) is 0 Å². The maximum absolute atomic E-state index is 12.1. The summed E-state index contributed by atoms with van der Waals surface area (Å²) in [5.41, 5.74) is 0. The number of aromatic nitrogens is 2. The predicted octanol–water partition coefficient (Wildman–Crippen LogP) is 1.40. The van der Waals surface area contributed by atoms with Gasteiger partial charge in [0.2, 0.25) is 10.0 Å². The fourth-order valence-corrected chi connectivity index (χ4v) is 4.00. The number of nitrogens with one attached hydrogen (secondary N) is 2. The molecule has 0 saturated carbocycles. The van der Waals surface area contributed by atoms with E-state index < -0.39 is 10.0 Å². The molecule has 110 valence electrons. The molecule has 0 bridgehead atoms. The Hall–Kier alpha value is -0.740. The zero-order valence-electron chi connectivity index (χ0n) is 10.8. The average molecular weight is 379 g/mol. The molecule has 0 aliphatic heterocycles. The molecule has 0 aromatic carbocycles. The van der Waals surface area contributed by atoms with Crippen LogP contribution in [0.5, 0.6) is 0 Å². The summed E-state index contributed by atoms with van der Waals surface area (Å²) in [6.07, 6.45) is 2.89. The second-order valence-electron chi connectivity index (χ2n) is 4.06. The largest absolute Gasteiger partial charge is 0.318 e. The van der Waals surface area contributed by atoms with Crippen molar-refractivity contribution < 1.29 is 8.42 Å². The van der Waals surface area contributed by atoms with Gasteiger partial charge < -0.3 is 5.32 Å². The van der Waals surface area contributed by atoms with E-state index in [2.05, 4.69) is 31.1 Å². The highest BCUT2D eigenvalue weighted by Gasteiger charge is 2.17. The van der Waals surface area contributed by atoms with Crippen molar-refractivity contribution in [2.24, 2.45) is 0 Å². The van der Waals surface area contributed by atoms with Gasteiger partial charge in [-0.15, -0.1) is 11.3 Å². The van der Waals surface area contributed by atoms with E-state index in [1.165, 1.54) is 23.7 Å². The smallest absolute Gasteiger partial charge is 0.244 e. The van der Waals surface area contributed by atoms with E-state index in [-0.39, 0.29) is 11.4 Å². The molecule has 0 saturated heterocycles. The molecule has 9 heteroatoms. The second kappa shape index (κ2) is 6.81. The third-order valence-electron chi connectivity index (χ3n) is 2.62. The number of hydrogen-bond donors (Lipinski definition) is 2. The van der Waals surface area contributed by atoms with Gasteiger partial charge in [0, 0.05) is 28.6 Å². The molecule has 0 atom stereocenters. The topological polar surface area (TPSA) is 76.0 Å². The number of hydrogen-bond acceptors (Lipinski definition) is 5. The lowest BCUT2D eigenvalue weighted by Gasteiger charge is -2.03. The van der Waals surface area contributed by atoms with Gasteiger partial charge in [0.1, 0.15) is 4.90 Å². The molecule has 0 aliphatic rings. The Bertz CT molecular complexity index is 666. The van der Waals surface area contributed by atoms with Crippen molar-refractivity contribution in [1.29, 1.82) is 0 Å². The monoisotopic (exact) mass is 378 g/mol. The van der Waals surface area contributed by atoms with E-state index in [0.29, 0.717) is 6.54 Å². The molecule has 0 spiro atoms. The maximum atomic E-state index is 12.1. The summed E-state index contributed by atoms with van der Waals surface area (Å²) >= 11 is 4.87. The van der Waals surface area contributed by atoms with E-state index >= 15 is 0 Å². The van der Waals surface area contributed by atoms with Crippen LogP contribution >= 0.6 is 27.3 Å². The van der Waals surface area contributed by atoms with Gasteiger partial charge in [-0.1, -0.05) is 0 Å². The van der Waals surface area contributed by atoms with Gasteiger partial charge in [-0.05, 0) is 34.4 Å². The lowest BCUT2D eigenvalue weighted by Crippen LogP contribution is -2.22. The van der Waals surface area contributed by atoms with Gasteiger partial charge in [-0.25, -0.2) is 13.1 Å². The Morgan fingerprint density at radius 3 is 2.95 bits per heavy atom. The van der Waals surface area contributed by atoms with Crippen LogP contribution in [0.2, 0.25) is 0 Å². The number of thiophene rings is 1. The zero-order chi connectivity index (χ0) is 14.6. The number of likely N-dealkylation sites (N-methyl/N-ethyl adjacent to an activating group) is 1. The quantitative estimate of drug-likeness (QED) is 0.763. The van der Waals surface area contributed by atoms with Gasteiger partial charge >= 0.3 is 0 Å². The number of nitrogens with zero attached hydrogens (tertiary/aromatic N) is 2. The standard InChI is InChI=1S/C11H15BrN4O2S2/c1-13-3-4-16-8-9(6-14-16)20(17,18)15-7-11-10(12)2-5-19-11/h2,5-6,8,13,15H,3-4,7H2,1H3. The Labute approximate surface area is 130 Å². The third kappa shape index (κ3) is 3.89. The van der Waals surface area contributed by atoms with Crippen LogP contribution in [0.15, 0.2) is 33.2 Å². The summed E-state index contributed by atoms with van der Waals surface area (Å²) in [6.45, 7) is 1.63. The Balaban J connectivity index is 2.03. The number of rotatable bonds is 7. The fourth-order valence-electron chi connectivity index (χ4n) is 1.53. The van der Waals surface area contributed by atoms with Gasteiger partial charge in [0.05, 0.1) is 12.7 Å². The van der Waals surface area contributed by atoms with E-state index in [1.807, 2.05) is 18.5 Å². The lowest BCUT2D eigenvalue weighted by atomic mass is 10.5. The average Bonchev–Trinajstić information content (AvgIpc) is 3.03. The first-order chi connectivity index (χ1) is 9.53. The van der Waals surface area contributed by atoms with Crippen molar-refractivity contribution in [1.82, 2.24) is 19.8 Å². The first kappa shape index (κ1) is 15.6. The number of sulfonamides is 1. The van der Waals surface area contributed by atoms with Crippen LogP contribution in [-0.2, 0) is 23.1 Å². The highest BCUT2D eigenvalue weighted by atomic mass is 79.9. The molecule has 2 rings (SSSR count). The predicted molar refractivity (Wildman–Crippen MR) is 82.2 cm³/mol. The van der Waals surface area contributed by atoms with Crippen LogP contribution < -0.4 is 10.0 Å². The van der Waals surface area contributed by atoms with Crippen molar-refractivity contribution in [2.75, 3.05) is 13.6 Å². The summed E-state index contributed by atoms with van der Waals surface area (Å²) in [5, 5.41) is 8.92. The van der Waals surface area contributed by atoms with Crippen molar-refractivity contribution in [3.63, 3.8) is 0 Å². The minimum Gasteiger partial charge on any atom is -0.318 e. The minimum absolute atomic E-state index is 0.182. The molecule has 20 heavy (non-hydrogen) atoms. The van der Waals surface area contributed by atoms with E-state index in [4.69, 9.17) is 0 Å². The van der Waals surface area contributed by atoms with Crippen LogP contribution in [0, 0.1) is 0 Å². The Morgan fingerprint density at radius 2 is 2.30 bits per heavy atom. The zero-order valence-corrected chi connectivity index (χ0v) is 14.1. The molecular formula is C11H15BrN4O2S2. The first-order valence-electron chi connectivity index (χ1n) is 5.91. The molecule has 2 N–H and O–H groups in total. The summed E-state index contributed by atoms with van der Waals surface area (Å²) in [6, 6.07) is 1.89.